The normalized spacial score (nSPS) is 36.2. The number of benzene rings is 1. The number of carbonyl (C=O) groups excluding carboxylic acids is 1. The Balaban J connectivity index is 1.77. The summed E-state index contributed by atoms with van der Waals surface area (Å²) in [4.78, 5) is 11.1. The van der Waals surface area contributed by atoms with Gasteiger partial charge in [0.25, 0.3) is 0 Å². The molecule has 96 valence electrons. The molecule has 2 fully saturated rings. The minimum Gasteiger partial charge on any atom is -0.457 e. The molecule has 2 N–H and O–H groups in total. The van der Waals surface area contributed by atoms with Crippen molar-refractivity contribution in [3.05, 3.63) is 35.9 Å². The molecule has 2 saturated heterocycles. The SMILES string of the molecule is O=C1C[C@H]2O[C@H]([C@@H](O)c3ccccc3)[C@H](O)[C@H]2O1. The summed E-state index contributed by atoms with van der Waals surface area (Å²) in [5.74, 6) is -0.364. The number of aliphatic hydroxyl groups is 2. The number of fused-ring (bicyclic) bond motifs is 1. The van der Waals surface area contributed by atoms with Gasteiger partial charge in [-0.15, -0.1) is 0 Å². The third-order valence-electron chi connectivity index (χ3n) is 3.46. The lowest BCUT2D eigenvalue weighted by Crippen LogP contribution is -2.35. The predicted octanol–water partition coefficient (Wildman–Crippen LogP) is 0.164. The van der Waals surface area contributed by atoms with E-state index in [1.54, 1.807) is 24.3 Å². The van der Waals surface area contributed by atoms with Crippen molar-refractivity contribution in [3.63, 3.8) is 0 Å². The van der Waals surface area contributed by atoms with Gasteiger partial charge < -0.3 is 19.7 Å². The van der Waals surface area contributed by atoms with Gasteiger partial charge in [0, 0.05) is 0 Å². The van der Waals surface area contributed by atoms with Gasteiger partial charge >= 0.3 is 5.97 Å². The fourth-order valence-corrected chi connectivity index (χ4v) is 2.54. The smallest absolute Gasteiger partial charge is 0.309 e. The standard InChI is InChI=1S/C13H14O5/c14-9-6-8-12(18-9)11(16)13(17-8)10(15)7-4-2-1-3-5-7/h1-5,8,10-13,15-16H,6H2/t8-,10+,11-,12+,13-/m1/s1. The first-order valence-electron chi connectivity index (χ1n) is 5.93. The number of ether oxygens (including phenoxy) is 2. The zero-order valence-electron chi connectivity index (χ0n) is 9.60. The summed E-state index contributed by atoms with van der Waals surface area (Å²) < 4.78 is 10.5. The molecule has 2 aliphatic rings. The number of hydrogen-bond donors (Lipinski definition) is 2. The molecule has 2 heterocycles. The van der Waals surface area contributed by atoms with E-state index in [4.69, 9.17) is 9.47 Å². The Hall–Kier alpha value is -1.43. The van der Waals surface area contributed by atoms with E-state index in [0.29, 0.717) is 5.56 Å². The lowest BCUT2D eigenvalue weighted by Gasteiger charge is -2.22. The zero-order chi connectivity index (χ0) is 12.7. The van der Waals surface area contributed by atoms with Gasteiger partial charge in [-0.3, -0.25) is 4.79 Å². The van der Waals surface area contributed by atoms with E-state index in [9.17, 15) is 15.0 Å². The Kier molecular flexibility index (Phi) is 2.81. The Morgan fingerprint density at radius 2 is 2.00 bits per heavy atom. The first kappa shape index (κ1) is 11.6. The molecule has 0 spiro atoms. The third-order valence-corrected chi connectivity index (χ3v) is 3.46. The van der Waals surface area contributed by atoms with Crippen molar-refractivity contribution in [1.29, 1.82) is 0 Å². The molecule has 0 aliphatic carbocycles. The molecule has 0 saturated carbocycles. The molecule has 0 aromatic heterocycles. The highest BCUT2D eigenvalue weighted by molar-refractivity contribution is 5.73. The lowest BCUT2D eigenvalue weighted by molar-refractivity contribution is -0.147. The molecular weight excluding hydrogens is 236 g/mol. The van der Waals surface area contributed by atoms with Gasteiger partial charge in [0.05, 0.1) is 6.42 Å². The number of carbonyl (C=O) groups is 1. The Morgan fingerprint density at radius 1 is 1.28 bits per heavy atom. The van der Waals surface area contributed by atoms with Crippen molar-refractivity contribution < 1.29 is 24.5 Å². The first-order chi connectivity index (χ1) is 8.66. The quantitative estimate of drug-likeness (QED) is 0.731. The van der Waals surface area contributed by atoms with Crippen LogP contribution in [0.5, 0.6) is 0 Å². The molecule has 2 aliphatic heterocycles. The van der Waals surface area contributed by atoms with Crippen LogP contribution in [0.4, 0.5) is 0 Å². The predicted molar refractivity (Wildman–Crippen MR) is 60.6 cm³/mol. The van der Waals surface area contributed by atoms with E-state index in [1.807, 2.05) is 6.07 Å². The van der Waals surface area contributed by atoms with Crippen LogP contribution in [0.2, 0.25) is 0 Å². The highest BCUT2D eigenvalue weighted by Gasteiger charge is 2.53. The van der Waals surface area contributed by atoms with E-state index in [0.717, 1.165) is 0 Å². The second kappa shape index (κ2) is 4.35. The molecule has 18 heavy (non-hydrogen) atoms. The van der Waals surface area contributed by atoms with Gasteiger partial charge in [-0.2, -0.15) is 0 Å². The summed E-state index contributed by atoms with van der Waals surface area (Å²) in [6.07, 6.45) is -3.63. The first-order valence-corrected chi connectivity index (χ1v) is 5.93. The van der Waals surface area contributed by atoms with Crippen LogP contribution in [0.15, 0.2) is 30.3 Å². The van der Waals surface area contributed by atoms with Crippen molar-refractivity contribution in [2.75, 3.05) is 0 Å². The minimum atomic E-state index is -0.989. The average Bonchev–Trinajstić information content (AvgIpc) is 2.88. The van der Waals surface area contributed by atoms with E-state index in [-0.39, 0.29) is 12.4 Å². The van der Waals surface area contributed by atoms with Crippen molar-refractivity contribution in [3.8, 4) is 0 Å². The molecule has 5 heteroatoms. The van der Waals surface area contributed by atoms with Gasteiger partial charge in [-0.25, -0.2) is 0 Å². The maximum absolute atomic E-state index is 11.1. The Bertz CT molecular complexity index is 446. The highest BCUT2D eigenvalue weighted by Crippen LogP contribution is 2.36. The molecule has 5 nitrogen and oxygen atoms in total. The van der Waals surface area contributed by atoms with E-state index >= 15 is 0 Å². The number of esters is 1. The van der Waals surface area contributed by atoms with Crippen molar-refractivity contribution >= 4 is 5.97 Å². The summed E-state index contributed by atoms with van der Waals surface area (Å²) in [5.41, 5.74) is 0.674. The van der Waals surface area contributed by atoms with E-state index in [1.165, 1.54) is 0 Å². The summed E-state index contributed by atoms with van der Waals surface area (Å²) in [6, 6.07) is 8.99. The van der Waals surface area contributed by atoms with E-state index in [2.05, 4.69) is 0 Å². The van der Waals surface area contributed by atoms with Crippen LogP contribution in [-0.2, 0) is 14.3 Å². The molecule has 0 unspecified atom stereocenters. The summed E-state index contributed by atoms with van der Waals surface area (Å²) in [7, 11) is 0. The molecule has 0 radical (unpaired) electrons. The summed E-state index contributed by atoms with van der Waals surface area (Å²) in [5, 5.41) is 20.2. The van der Waals surface area contributed by atoms with Gasteiger partial charge in [0.2, 0.25) is 0 Å². The van der Waals surface area contributed by atoms with Crippen molar-refractivity contribution in [1.82, 2.24) is 0 Å². The monoisotopic (exact) mass is 250 g/mol. The van der Waals surface area contributed by atoms with E-state index < -0.39 is 30.5 Å². The van der Waals surface area contributed by atoms with Crippen molar-refractivity contribution in [2.45, 2.75) is 36.9 Å². The van der Waals surface area contributed by atoms with Crippen LogP contribution in [-0.4, -0.2) is 40.6 Å². The maximum atomic E-state index is 11.1. The van der Waals surface area contributed by atoms with Crippen molar-refractivity contribution in [2.24, 2.45) is 0 Å². The Morgan fingerprint density at radius 3 is 2.67 bits per heavy atom. The Labute approximate surface area is 104 Å². The maximum Gasteiger partial charge on any atom is 0.309 e. The molecule has 0 amide bonds. The molecule has 1 aromatic rings. The highest BCUT2D eigenvalue weighted by atomic mass is 16.6. The second-order valence-electron chi connectivity index (χ2n) is 4.64. The van der Waals surface area contributed by atoms with Gasteiger partial charge in [-0.1, -0.05) is 30.3 Å². The topological polar surface area (TPSA) is 76.0 Å². The molecule has 0 bridgehead atoms. The van der Waals surface area contributed by atoms with Crippen LogP contribution in [0.3, 0.4) is 0 Å². The second-order valence-corrected chi connectivity index (χ2v) is 4.64. The number of aliphatic hydroxyl groups excluding tert-OH is 2. The molecular formula is C13H14O5. The van der Waals surface area contributed by atoms with Gasteiger partial charge in [0.1, 0.15) is 24.4 Å². The van der Waals surface area contributed by atoms with Crippen LogP contribution in [0, 0.1) is 0 Å². The van der Waals surface area contributed by atoms with Crippen LogP contribution in [0.25, 0.3) is 0 Å². The number of hydrogen-bond acceptors (Lipinski definition) is 5. The lowest BCUT2D eigenvalue weighted by atomic mass is 9.99. The minimum absolute atomic E-state index is 0.139. The summed E-state index contributed by atoms with van der Waals surface area (Å²) in [6.45, 7) is 0. The van der Waals surface area contributed by atoms with Gasteiger partial charge in [0.15, 0.2) is 6.10 Å². The van der Waals surface area contributed by atoms with Gasteiger partial charge in [-0.05, 0) is 5.56 Å². The van der Waals surface area contributed by atoms with Crippen LogP contribution in [0.1, 0.15) is 18.1 Å². The fraction of sp³-hybridized carbons (Fsp3) is 0.462. The largest absolute Gasteiger partial charge is 0.457 e. The third kappa shape index (κ3) is 1.80. The fourth-order valence-electron chi connectivity index (χ4n) is 2.54. The molecule has 3 rings (SSSR count). The average molecular weight is 250 g/mol. The summed E-state index contributed by atoms with van der Waals surface area (Å²) >= 11 is 0. The zero-order valence-corrected chi connectivity index (χ0v) is 9.60. The molecule has 1 aromatic carbocycles. The van der Waals surface area contributed by atoms with Crippen LogP contribution >= 0.6 is 0 Å². The number of rotatable bonds is 2. The van der Waals surface area contributed by atoms with Crippen LogP contribution < -0.4 is 0 Å². The molecule has 5 atom stereocenters.